The Labute approximate surface area is 117 Å². The first kappa shape index (κ1) is 13.6. The average molecular weight is 275 g/mol. The molecular weight excluding hydrogens is 258 g/mol. The summed E-state index contributed by atoms with van der Waals surface area (Å²) in [6.45, 7) is 3.97. The van der Waals surface area contributed by atoms with Crippen LogP contribution < -0.4 is 10.1 Å². The Morgan fingerprint density at radius 1 is 1.21 bits per heavy atom. The van der Waals surface area contributed by atoms with Crippen LogP contribution in [0.15, 0.2) is 36.4 Å². The van der Waals surface area contributed by atoms with Gasteiger partial charge in [0.05, 0.1) is 18.0 Å². The van der Waals surface area contributed by atoms with Gasteiger partial charge < -0.3 is 10.1 Å². The van der Waals surface area contributed by atoms with E-state index in [4.69, 9.17) is 4.74 Å². The van der Waals surface area contributed by atoms with Crippen molar-refractivity contribution in [3.63, 3.8) is 0 Å². The summed E-state index contributed by atoms with van der Waals surface area (Å²) in [6, 6.07) is 11.5. The van der Waals surface area contributed by atoms with Crippen LogP contribution in [0.25, 0.3) is 0 Å². The van der Waals surface area contributed by atoms with Crippen LogP contribution in [-0.4, -0.2) is 13.0 Å². The van der Waals surface area contributed by atoms with Gasteiger partial charge in [0.1, 0.15) is 5.75 Å². The second-order valence-corrected chi connectivity index (χ2v) is 5.67. The largest absolute Gasteiger partial charge is 0.497 e. The number of carbonyl (C=O) groups excluding carboxylic acids is 1. The second-order valence-electron chi connectivity index (χ2n) is 4.38. The molecular formula is C15H17NO2S. The molecule has 19 heavy (non-hydrogen) atoms. The fraction of sp³-hybridized carbons (Fsp3) is 0.267. The molecule has 0 spiro atoms. The highest BCUT2D eigenvalue weighted by Gasteiger charge is 2.12. The molecule has 0 unspecified atom stereocenters. The van der Waals surface area contributed by atoms with E-state index in [0.29, 0.717) is 0 Å². The number of hydrogen-bond donors (Lipinski definition) is 1. The van der Waals surface area contributed by atoms with Gasteiger partial charge in [0.25, 0.3) is 5.91 Å². The summed E-state index contributed by atoms with van der Waals surface area (Å²) >= 11 is 1.51. The predicted octanol–water partition coefficient (Wildman–Crippen LogP) is 3.56. The third-order valence-corrected chi connectivity index (χ3v) is 3.93. The maximum atomic E-state index is 12.0. The molecule has 0 fully saturated rings. The van der Waals surface area contributed by atoms with Crippen LogP contribution >= 0.6 is 11.3 Å². The van der Waals surface area contributed by atoms with Crippen molar-refractivity contribution in [2.24, 2.45) is 0 Å². The van der Waals surface area contributed by atoms with E-state index in [1.807, 2.05) is 50.2 Å². The molecule has 1 heterocycles. The molecule has 0 aliphatic heterocycles. The highest BCUT2D eigenvalue weighted by molar-refractivity contribution is 7.13. The van der Waals surface area contributed by atoms with Crippen molar-refractivity contribution in [3.8, 4) is 5.75 Å². The van der Waals surface area contributed by atoms with Crippen LogP contribution in [0.4, 0.5) is 0 Å². The highest BCUT2D eigenvalue weighted by atomic mass is 32.1. The zero-order valence-electron chi connectivity index (χ0n) is 11.3. The van der Waals surface area contributed by atoms with Gasteiger partial charge in [-0.3, -0.25) is 4.79 Å². The van der Waals surface area contributed by atoms with Gasteiger partial charge in [0.15, 0.2) is 0 Å². The van der Waals surface area contributed by atoms with Gasteiger partial charge in [-0.05, 0) is 43.7 Å². The number of carbonyl (C=O) groups is 1. The van der Waals surface area contributed by atoms with Gasteiger partial charge in [-0.15, -0.1) is 11.3 Å². The van der Waals surface area contributed by atoms with Gasteiger partial charge in [0.2, 0.25) is 0 Å². The number of amides is 1. The molecule has 1 amide bonds. The van der Waals surface area contributed by atoms with Crippen LogP contribution in [0.3, 0.4) is 0 Å². The quantitative estimate of drug-likeness (QED) is 0.926. The van der Waals surface area contributed by atoms with E-state index in [1.165, 1.54) is 11.3 Å². The zero-order chi connectivity index (χ0) is 13.8. The summed E-state index contributed by atoms with van der Waals surface area (Å²) in [7, 11) is 1.64. The monoisotopic (exact) mass is 275 g/mol. The SMILES string of the molecule is COc1ccc([C@@H](C)NC(=O)c2ccc(C)s2)cc1. The first-order valence-electron chi connectivity index (χ1n) is 6.11. The smallest absolute Gasteiger partial charge is 0.261 e. The number of ether oxygens (including phenoxy) is 1. The molecule has 1 N–H and O–H groups in total. The van der Waals surface area contributed by atoms with Gasteiger partial charge >= 0.3 is 0 Å². The Morgan fingerprint density at radius 2 is 1.89 bits per heavy atom. The normalized spacial score (nSPS) is 11.9. The van der Waals surface area contributed by atoms with Crippen molar-refractivity contribution in [1.29, 1.82) is 0 Å². The first-order chi connectivity index (χ1) is 9.10. The van der Waals surface area contributed by atoms with Crippen molar-refractivity contribution >= 4 is 17.2 Å². The lowest BCUT2D eigenvalue weighted by Crippen LogP contribution is -2.25. The van der Waals surface area contributed by atoms with Gasteiger partial charge in [0, 0.05) is 4.88 Å². The zero-order valence-corrected chi connectivity index (χ0v) is 12.1. The molecule has 0 radical (unpaired) electrons. The molecule has 0 saturated heterocycles. The molecule has 1 atom stereocenters. The number of thiophene rings is 1. The lowest BCUT2D eigenvalue weighted by Gasteiger charge is -2.14. The van der Waals surface area contributed by atoms with E-state index in [2.05, 4.69) is 5.32 Å². The van der Waals surface area contributed by atoms with Gasteiger partial charge in [-0.1, -0.05) is 12.1 Å². The molecule has 4 heteroatoms. The summed E-state index contributed by atoms with van der Waals surface area (Å²) in [4.78, 5) is 13.9. The number of nitrogens with one attached hydrogen (secondary N) is 1. The number of rotatable bonds is 4. The Hall–Kier alpha value is -1.81. The maximum Gasteiger partial charge on any atom is 0.261 e. The molecule has 2 aromatic rings. The minimum Gasteiger partial charge on any atom is -0.497 e. The summed E-state index contributed by atoms with van der Waals surface area (Å²) in [5.41, 5.74) is 1.06. The highest BCUT2D eigenvalue weighted by Crippen LogP contribution is 2.19. The van der Waals surface area contributed by atoms with Gasteiger partial charge in [-0.2, -0.15) is 0 Å². The van der Waals surface area contributed by atoms with Crippen molar-refractivity contribution < 1.29 is 9.53 Å². The third-order valence-electron chi connectivity index (χ3n) is 2.93. The number of methoxy groups -OCH3 is 1. The molecule has 1 aromatic carbocycles. The fourth-order valence-corrected chi connectivity index (χ4v) is 2.57. The van der Waals surface area contributed by atoms with Crippen LogP contribution in [0.2, 0.25) is 0 Å². The molecule has 0 saturated carbocycles. The maximum absolute atomic E-state index is 12.0. The van der Waals surface area contributed by atoms with E-state index in [-0.39, 0.29) is 11.9 Å². The van der Waals surface area contributed by atoms with Crippen LogP contribution in [0, 0.1) is 6.92 Å². The Kier molecular flexibility index (Phi) is 4.22. The van der Waals surface area contributed by atoms with Crippen molar-refractivity contribution in [1.82, 2.24) is 5.32 Å². The fourth-order valence-electron chi connectivity index (χ4n) is 1.80. The van der Waals surface area contributed by atoms with E-state index >= 15 is 0 Å². The summed E-state index contributed by atoms with van der Waals surface area (Å²) in [5.74, 6) is 0.789. The topological polar surface area (TPSA) is 38.3 Å². The number of hydrogen-bond acceptors (Lipinski definition) is 3. The van der Waals surface area contributed by atoms with Crippen molar-refractivity contribution in [2.75, 3.05) is 7.11 Å². The Balaban J connectivity index is 2.03. The summed E-state index contributed by atoms with van der Waals surface area (Å²) < 4.78 is 5.12. The molecule has 0 aliphatic rings. The molecule has 0 aliphatic carbocycles. The standard InChI is InChI=1S/C15H17NO2S/c1-10-4-9-14(19-10)15(17)16-11(2)12-5-7-13(18-3)8-6-12/h4-9,11H,1-3H3,(H,16,17)/t11-/m1/s1. The van der Waals surface area contributed by atoms with Crippen molar-refractivity contribution in [2.45, 2.75) is 19.9 Å². The van der Waals surface area contributed by atoms with Crippen LogP contribution in [0.5, 0.6) is 5.75 Å². The van der Waals surface area contributed by atoms with E-state index in [9.17, 15) is 4.79 Å². The molecule has 3 nitrogen and oxygen atoms in total. The van der Waals surface area contributed by atoms with Crippen LogP contribution in [-0.2, 0) is 0 Å². The first-order valence-corrected chi connectivity index (χ1v) is 6.93. The predicted molar refractivity (Wildman–Crippen MR) is 77.9 cm³/mol. The van der Waals surface area contributed by atoms with Crippen LogP contribution in [0.1, 0.15) is 33.1 Å². The Morgan fingerprint density at radius 3 is 2.42 bits per heavy atom. The van der Waals surface area contributed by atoms with E-state index in [1.54, 1.807) is 7.11 Å². The summed E-state index contributed by atoms with van der Waals surface area (Å²) in [6.07, 6.45) is 0. The van der Waals surface area contributed by atoms with Crippen molar-refractivity contribution in [3.05, 3.63) is 51.7 Å². The number of aryl methyl sites for hydroxylation is 1. The third kappa shape index (κ3) is 3.35. The summed E-state index contributed by atoms with van der Waals surface area (Å²) in [5, 5.41) is 2.99. The molecule has 100 valence electrons. The minimum atomic E-state index is -0.0270. The minimum absolute atomic E-state index is 0.0265. The molecule has 2 rings (SSSR count). The average Bonchev–Trinajstić information content (AvgIpc) is 2.85. The lowest BCUT2D eigenvalue weighted by atomic mass is 10.1. The molecule has 1 aromatic heterocycles. The molecule has 0 bridgehead atoms. The van der Waals surface area contributed by atoms with Gasteiger partial charge in [-0.25, -0.2) is 0 Å². The second kappa shape index (κ2) is 5.89. The Bertz CT molecular complexity index is 560. The van der Waals surface area contributed by atoms with E-state index < -0.39 is 0 Å². The van der Waals surface area contributed by atoms with E-state index in [0.717, 1.165) is 21.1 Å². The lowest BCUT2D eigenvalue weighted by molar-refractivity contribution is 0.0944. The number of benzene rings is 1.